The lowest BCUT2D eigenvalue weighted by atomic mass is 10.1. The van der Waals surface area contributed by atoms with Gasteiger partial charge in [0.25, 0.3) is 0 Å². The second-order valence-electron chi connectivity index (χ2n) is 6.52. The van der Waals surface area contributed by atoms with Crippen LogP contribution in [0.25, 0.3) is 0 Å². The molecule has 0 bridgehead atoms. The van der Waals surface area contributed by atoms with Crippen LogP contribution in [-0.2, 0) is 19.4 Å². The number of carbonyl (C=O) groups is 1. The van der Waals surface area contributed by atoms with Crippen LogP contribution >= 0.6 is 12.4 Å². The first-order valence-electron chi connectivity index (χ1n) is 8.73. The number of methoxy groups -OCH3 is 1. The first-order valence-corrected chi connectivity index (χ1v) is 10.2. The number of hydrogen-bond donors (Lipinski definition) is 2. The Bertz CT molecular complexity index is 671. The van der Waals surface area contributed by atoms with Crippen LogP contribution in [0.1, 0.15) is 31.2 Å². The number of nitrogens with one attached hydrogen (secondary N) is 2. The van der Waals surface area contributed by atoms with Gasteiger partial charge in [0.15, 0.2) is 14.6 Å². The van der Waals surface area contributed by atoms with Crippen LogP contribution in [-0.4, -0.2) is 52.4 Å². The molecule has 1 amide bonds. The zero-order chi connectivity index (χ0) is 18.3. The summed E-state index contributed by atoms with van der Waals surface area (Å²) in [6.45, 7) is 4.17. The molecule has 1 aromatic carbocycles. The van der Waals surface area contributed by atoms with Crippen LogP contribution in [0, 0.1) is 6.92 Å². The molecule has 1 aromatic rings. The Balaban J connectivity index is 0.00000338. The average Bonchev–Trinajstić information content (AvgIpc) is 3.10. The van der Waals surface area contributed by atoms with E-state index in [1.807, 2.05) is 6.92 Å². The van der Waals surface area contributed by atoms with Gasteiger partial charge in [-0.05, 0) is 31.9 Å². The summed E-state index contributed by atoms with van der Waals surface area (Å²) in [5, 5.41) is 5.94. The first kappa shape index (κ1) is 22.9. The van der Waals surface area contributed by atoms with Gasteiger partial charge >= 0.3 is 0 Å². The lowest BCUT2D eigenvalue weighted by Gasteiger charge is -2.27. The smallest absolute Gasteiger partial charge is 0.241 e. The second kappa shape index (κ2) is 10.3. The van der Waals surface area contributed by atoms with Crippen molar-refractivity contribution in [2.45, 2.75) is 42.2 Å². The lowest BCUT2D eigenvalue weighted by molar-refractivity contribution is -0.123. The van der Waals surface area contributed by atoms with Crippen molar-refractivity contribution in [3.05, 3.63) is 29.8 Å². The summed E-state index contributed by atoms with van der Waals surface area (Å²) >= 11 is 0. The molecule has 0 unspecified atom stereocenters. The van der Waals surface area contributed by atoms with Crippen LogP contribution in [0.15, 0.2) is 29.2 Å². The largest absolute Gasteiger partial charge is 0.383 e. The van der Waals surface area contributed by atoms with Crippen LogP contribution < -0.4 is 10.6 Å². The maximum absolute atomic E-state index is 13.2. The van der Waals surface area contributed by atoms with Crippen LogP contribution in [0.3, 0.4) is 0 Å². The molecule has 1 fully saturated rings. The molecule has 0 aromatic heterocycles. The molecule has 148 valence electrons. The molecule has 0 saturated heterocycles. The highest BCUT2D eigenvalue weighted by molar-refractivity contribution is 7.93. The minimum Gasteiger partial charge on any atom is -0.383 e. The van der Waals surface area contributed by atoms with Gasteiger partial charge in [-0.15, -0.1) is 12.4 Å². The van der Waals surface area contributed by atoms with E-state index >= 15 is 0 Å². The second-order valence-corrected chi connectivity index (χ2v) is 8.78. The van der Waals surface area contributed by atoms with Gasteiger partial charge in [0.2, 0.25) is 5.91 Å². The van der Waals surface area contributed by atoms with Crippen LogP contribution in [0.5, 0.6) is 0 Å². The van der Waals surface area contributed by atoms with E-state index in [-0.39, 0.29) is 23.2 Å². The number of benzene rings is 1. The lowest BCUT2D eigenvalue weighted by Crippen LogP contribution is -2.51. The summed E-state index contributed by atoms with van der Waals surface area (Å²) in [5.74, 6) is -0.376. The number of aryl methyl sites for hydroxylation is 1. The minimum absolute atomic E-state index is 0. The molecule has 1 saturated carbocycles. The fourth-order valence-corrected chi connectivity index (χ4v) is 5.32. The number of amides is 1. The van der Waals surface area contributed by atoms with E-state index in [4.69, 9.17) is 4.74 Å². The summed E-state index contributed by atoms with van der Waals surface area (Å²) in [7, 11) is -2.09. The van der Waals surface area contributed by atoms with E-state index < -0.39 is 14.6 Å². The summed E-state index contributed by atoms with van der Waals surface area (Å²) in [6.07, 6.45) is 2.27. The highest BCUT2D eigenvalue weighted by Crippen LogP contribution is 2.40. The van der Waals surface area contributed by atoms with Crippen LogP contribution in [0.2, 0.25) is 0 Å². The van der Waals surface area contributed by atoms with Crippen molar-refractivity contribution in [3.63, 3.8) is 0 Å². The van der Waals surface area contributed by atoms with Gasteiger partial charge in [0.1, 0.15) is 0 Å². The van der Waals surface area contributed by atoms with Crippen molar-refractivity contribution < 1.29 is 17.9 Å². The minimum atomic E-state index is -3.72. The van der Waals surface area contributed by atoms with E-state index in [2.05, 4.69) is 10.6 Å². The topological polar surface area (TPSA) is 84.5 Å². The van der Waals surface area contributed by atoms with E-state index in [0.29, 0.717) is 39.1 Å². The van der Waals surface area contributed by atoms with Crippen molar-refractivity contribution >= 4 is 28.2 Å². The molecule has 0 aliphatic heterocycles. The van der Waals surface area contributed by atoms with Gasteiger partial charge in [-0.3, -0.25) is 4.79 Å². The Labute approximate surface area is 162 Å². The molecule has 2 rings (SSSR count). The third kappa shape index (κ3) is 4.97. The molecule has 6 nitrogen and oxygen atoms in total. The highest BCUT2D eigenvalue weighted by Gasteiger charge is 2.52. The average molecular weight is 405 g/mol. The monoisotopic (exact) mass is 404 g/mol. The predicted molar refractivity (Wildman–Crippen MR) is 105 cm³/mol. The quantitative estimate of drug-likeness (QED) is 0.613. The summed E-state index contributed by atoms with van der Waals surface area (Å²) in [6, 6.07) is 6.75. The molecule has 26 heavy (non-hydrogen) atoms. The van der Waals surface area contributed by atoms with Crippen molar-refractivity contribution in [1.82, 2.24) is 10.6 Å². The molecule has 0 radical (unpaired) electrons. The van der Waals surface area contributed by atoms with E-state index in [1.165, 1.54) is 0 Å². The number of rotatable bonds is 9. The Morgan fingerprint density at radius 2 is 1.73 bits per heavy atom. The number of ether oxygens (including phenoxy) is 1. The number of carbonyl (C=O) groups excluding carboxylic acids is 1. The molecule has 1 aliphatic rings. The number of halogens is 1. The van der Waals surface area contributed by atoms with Crippen LogP contribution in [0.4, 0.5) is 0 Å². The Hall–Kier alpha value is -1.15. The Morgan fingerprint density at radius 1 is 1.12 bits per heavy atom. The zero-order valence-corrected chi connectivity index (χ0v) is 17.0. The van der Waals surface area contributed by atoms with Gasteiger partial charge in [-0.2, -0.15) is 0 Å². The maximum Gasteiger partial charge on any atom is 0.241 e. The first-order chi connectivity index (χ1) is 11.9. The van der Waals surface area contributed by atoms with Gasteiger partial charge in [-0.1, -0.05) is 30.5 Å². The standard InChI is InChI=1S/C18H28N2O4S.ClH/c1-15-5-7-16(8-6-15)25(22,23)18(9-3-4-10-18)17(21)20-12-11-19-13-14-24-2;/h5-8,19H,3-4,9-14H2,1-2H3,(H,20,21);1H. The predicted octanol–water partition coefficient (Wildman–Crippen LogP) is 1.86. The third-order valence-corrected chi connectivity index (χ3v) is 7.26. The fourth-order valence-electron chi connectivity index (χ4n) is 3.23. The molecule has 0 atom stereocenters. The van der Waals surface area contributed by atoms with Gasteiger partial charge in [0, 0.05) is 26.7 Å². The highest BCUT2D eigenvalue weighted by atomic mass is 35.5. The number of hydrogen-bond acceptors (Lipinski definition) is 5. The summed E-state index contributed by atoms with van der Waals surface area (Å²) in [4.78, 5) is 13.0. The molecule has 2 N–H and O–H groups in total. The molecule has 1 aliphatic carbocycles. The molecule has 8 heteroatoms. The third-order valence-electron chi connectivity index (χ3n) is 4.74. The Morgan fingerprint density at radius 3 is 2.31 bits per heavy atom. The van der Waals surface area contributed by atoms with Crippen molar-refractivity contribution in [2.24, 2.45) is 0 Å². The van der Waals surface area contributed by atoms with Crippen molar-refractivity contribution in [2.75, 3.05) is 33.4 Å². The Kier molecular flexibility index (Phi) is 9.03. The normalized spacial score (nSPS) is 16.1. The fraction of sp³-hybridized carbons (Fsp3) is 0.611. The SMILES string of the molecule is COCCNCCNC(=O)C1(S(=O)(=O)c2ccc(C)cc2)CCCC1.Cl. The van der Waals surface area contributed by atoms with Gasteiger partial charge in [-0.25, -0.2) is 8.42 Å². The van der Waals surface area contributed by atoms with E-state index in [9.17, 15) is 13.2 Å². The number of sulfone groups is 1. The molecular formula is C18H29ClN2O4S. The van der Waals surface area contributed by atoms with Crippen molar-refractivity contribution in [1.29, 1.82) is 0 Å². The van der Waals surface area contributed by atoms with E-state index in [1.54, 1.807) is 31.4 Å². The zero-order valence-electron chi connectivity index (χ0n) is 15.4. The molecule has 0 heterocycles. The van der Waals surface area contributed by atoms with Crippen molar-refractivity contribution in [3.8, 4) is 0 Å². The maximum atomic E-state index is 13.2. The van der Waals surface area contributed by atoms with Gasteiger partial charge in [0.05, 0.1) is 11.5 Å². The van der Waals surface area contributed by atoms with E-state index in [0.717, 1.165) is 18.4 Å². The summed E-state index contributed by atoms with van der Waals surface area (Å²) < 4.78 is 30.0. The molecule has 0 spiro atoms. The summed E-state index contributed by atoms with van der Waals surface area (Å²) in [5.41, 5.74) is 0.992. The molecular weight excluding hydrogens is 376 g/mol. The van der Waals surface area contributed by atoms with Gasteiger partial charge < -0.3 is 15.4 Å².